The van der Waals surface area contributed by atoms with Crippen LogP contribution in [0.3, 0.4) is 0 Å². The molecule has 0 aliphatic heterocycles. The summed E-state index contributed by atoms with van der Waals surface area (Å²) in [5, 5.41) is 8.07. The molecule has 4 rings (SSSR count). The minimum absolute atomic E-state index is 0. The third kappa shape index (κ3) is 10.1. The summed E-state index contributed by atoms with van der Waals surface area (Å²) < 4.78 is 34.7. The third-order valence-corrected chi connectivity index (χ3v) is 9.67. The van der Waals surface area contributed by atoms with Gasteiger partial charge < -0.3 is 24.7 Å². The molecule has 0 bridgehead atoms. The van der Waals surface area contributed by atoms with Gasteiger partial charge in [0.2, 0.25) is 11.8 Å². The molecule has 0 unspecified atom stereocenters. The van der Waals surface area contributed by atoms with Gasteiger partial charge >= 0.3 is 29.6 Å². The van der Waals surface area contributed by atoms with Crippen LogP contribution in [0.5, 0.6) is 0 Å². The van der Waals surface area contributed by atoms with Gasteiger partial charge in [-0.1, -0.05) is 25.0 Å². The zero-order chi connectivity index (χ0) is 31.0. The van der Waals surface area contributed by atoms with E-state index in [1.165, 1.54) is 11.3 Å². The van der Waals surface area contributed by atoms with Gasteiger partial charge in [-0.15, -0.1) is 11.3 Å². The number of hydrogen-bond acceptors (Lipinski definition) is 7. The second-order valence-electron chi connectivity index (χ2n) is 11.3. The smallest absolute Gasteiger partial charge is 0.748 e. The second kappa shape index (κ2) is 16.9. The molecule has 0 radical (unpaired) electrons. The zero-order valence-corrected chi connectivity index (χ0v) is 29.5. The van der Waals surface area contributed by atoms with Crippen LogP contribution in [0, 0.1) is 12.8 Å². The molecule has 3 amide bonds. The van der Waals surface area contributed by atoms with Crippen molar-refractivity contribution in [3.05, 3.63) is 53.0 Å². The van der Waals surface area contributed by atoms with Crippen molar-refractivity contribution in [1.82, 2.24) is 15.2 Å². The summed E-state index contributed by atoms with van der Waals surface area (Å²) in [6.45, 7) is 5.02. The number of nitrogens with one attached hydrogen (secondary N) is 2. The van der Waals surface area contributed by atoms with Crippen LogP contribution in [-0.2, 0) is 26.3 Å². The number of amides is 3. The van der Waals surface area contributed by atoms with Crippen LogP contribution in [0.1, 0.15) is 74.3 Å². The van der Waals surface area contributed by atoms with Gasteiger partial charge in [0, 0.05) is 36.5 Å². The number of nitrogens with zero attached hydrogens (tertiary/aromatic N) is 2. The Balaban J connectivity index is 0.00000529. The average Bonchev–Trinajstić information content (AvgIpc) is 3.55. The zero-order valence-electron chi connectivity index (χ0n) is 25.8. The SMILES string of the molecule is CCN(C(=O)Cn1c(C(=O)NC2CCC(C(=O)NCCCCCCS(=O)(=O)[O-])CC2)cc2sccc21)c1cccc(C)c1.[Na+]. The number of carbonyl (C=O) groups is 3. The predicted octanol–water partition coefficient (Wildman–Crippen LogP) is 1.58. The van der Waals surface area contributed by atoms with Crippen LogP contribution >= 0.6 is 11.3 Å². The van der Waals surface area contributed by atoms with E-state index in [0.717, 1.165) is 34.3 Å². The molecular weight excluding hydrogens is 611 g/mol. The molecule has 0 atom stereocenters. The number of aryl methyl sites for hydroxylation is 1. The molecule has 0 spiro atoms. The molecule has 13 heteroatoms. The minimum atomic E-state index is -4.16. The fourth-order valence-electron chi connectivity index (χ4n) is 5.73. The summed E-state index contributed by atoms with van der Waals surface area (Å²) in [5.74, 6) is -0.742. The van der Waals surface area contributed by atoms with E-state index in [9.17, 15) is 27.4 Å². The number of aromatic nitrogens is 1. The summed E-state index contributed by atoms with van der Waals surface area (Å²) in [7, 11) is -4.16. The first kappa shape index (κ1) is 36.3. The maximum Gasteiger partial charge on any atom is 1.00 e. The fourth-order valence-corrected chi connectivity index (χ4v) is 7.11. The molecule has 1 fully saturated rings. The predicted molar refractivity (Wildman–Crippen MR) is 168 cm³/mol. The fraction of sp³-hybridized carbons (Fsp3) is 0.516. The van der Waals surface area contributed by atoms with E-state index in [1.807, 2.05) is 55.6 Å². The van der Waals surface area contributed by atoms with Crippen molar-refractivity contribution in [3.63, 3.8) is 0 Å². The van der Waals surface area contributed by atoms with Crippen LogP contribution in [0.4, 0.5) is 5.69 Å². The van der Waals surface area contributed by atoms with Crippen LogP contribution in [0.25, 0.3) is 10.2 Å². The largest absolute Gasteiger partial charge is 1.00 e. The van der Waals surface area contributed by atoms with Crippen LogP contribution in [0.15, 0.2) is 41.8 Å². The van der Waals surface area contributed by atoms with Gasteiger partial charge in [0.05, 0.1) is 20.3 Å². The molecule has 1 aliphatic carbocycles. The first-order chi connectivity index (χ1) is 20.6. The normalized spacial score (nSPS) is 16.7. The van der Waals surface area contributed by atoms with Gasteiger partial charge in [0.1, 0.15) is 12.2 Å². The number of carbonyl (C=O) groups excluding carboxylic acids is 3. The van der Waals surface area contributed by atoms with Crippen molar-refractivity contribution in [1.29, 1.82) is 0 Å². The number of rotatable bonds is 14. The first-order valence-corrected chi connectivity index (χ1v) is 17.5. The van der Waals surface area contributed by atoms with Gasteiger partial charge in [-0.2, -0.15) is 0 Å². The van der Waals surface area contributed by atoms with Gasteiger partial charge in [0.25, 0.3) is 5.91 Å². The molecule has 1 aliphatic rings. The topological polar surface area (TPSA) is 141 Å². The van der Waals surface area contributed by atoms with E-state index < -0.39 is 10.1 Å². The van der Waals surface area contributed by atoms with E-state index in [0.29, 0.717) is 57.3 Å². The van der Waals surface area contributed by atoms with Crippen molar-refractivity contribution < 1.29 is 56.9 Å². The number of hydrogen-bond donors (Lipinski definition) is 2. The monoisotopic (exact) mass is 652 g/mol. The van der Waals surface area contributed by atoms with Gasteiger partial charge in [0.15, 0.2) is 0 Å². The summed E-state index contributed by atoms with van der Waals surface area (Å²) in [6.07, 6.45) is 5.21. The molecule has 3 aromatic rings. The molecule has 10 nitrogen and oxygen atoms in total. The molecule has 234 valence electrons. The van der Waals surface area contributed by atoms with Crippen molar-refractivity contribution in [2.24, 2.45) is 5.92 Å². The molecule has 2 N–H and O–H groups in total. The Morgan fingerprint density at radius 1 is 1.05 bits per heavy atom. The van der Waals surface area contributed by atoms with E-state index in [1.54, 1.807) is 9.47 Å². The molecular formula is C31H41N4NaO6S2. The van der Waals surface area contributed by atoms with Crippen molar-refractivity contribution in [2.45, 2.75) is 77.8 Å². The molecule has 44 heavy (non-hydrogen) atoms. The van der Waals surface area contributed by atoms with E-state index in [4.69, 9.17) is 0 Å². The molecule has 1 saturated carbocycles. The van der Waals surface area contributed by atoms with Crippen LogP contribution < -0.4 is 45.1 Å². The summed E-state index contributed by atoms with van der Waals surface area (Å²) >= 11 is 1.53. The number of fused-ring (bicyclic) bond motifs is 1. The number of anilines is 1. The third-order valence-electron chi connectivity index (χ3n) is 8.03. The number of thiophene rings is 1. The quantitative estimate of drug-likeness (QED) is 0.154. The number of unbranched alkanes of at least 4 members (excludes halogenated alkanes) is 3. The van der Waals surface area contributed by atoms with Crippen molar-refractivity contribution >= 4 is 55.1 Å². The molecule has 1 aromatic carbocycles. The Morgan fingerprint density at radius 3 is 2.45 bits per heavy atom. The average molecular weight is 653 g/mol. The Hall–Kier alpha value is -2.22. The molecule has 2 aromatic heterocycles. The Labute approximate surface area is 286 Å². The molecule has 2 heterocycles. The van der Waals surface area contributed by atoms with E-state index in [2.05, 4.69) is 10.6 Å². The second-order valence-corrected chi connectivity index (χ2v) is 13.7. The van der Waals surface area contributed by atoms with Gasteiger partial charge in [-0.25, -0.2) is 8.42 Å². The summed E-state index contributed by atoms with van der Waals surface area (Å²) in [5.41, 5.74) is 3.23. The summed E-state index contributed by atoms with van der Waals surface area (Å²) in [6, 6.07) is 11.6. The Morgan fingerprint density at radius 2 is 1.77 bits per heavy atom. The van der Waals surface area contributed by atoms with Gasteiger partial charge in [-0.3, -0.25) is 14.4 Å². The first-order valence-electron chi connectivity index (χ1n) is 15.0. The minimum Gasteiger partial charge on any atom is -0.748 e. The standard InChI is InChI=1S/C31H42N4O6S2.Na/c1-3-34(25-10-8-9-22(2)19-25)29(36)21-35-26-15-17-42-28(26)20-27(35)31(38)33-24-13-11-23(12-14-24)30(37)32-16-6-4-5-7-18-43(39,40)41;/h8-10,15,17,19-20,23-24H,3-7,11-14,16,18,21H2,1-2H3,(H,32,37)(H,33,38)(H,39,40,41);/q;+1/p-1. The van der Waals surface area contributed by atoms with Crippen LogP contribution in [-0.4, -0.2) is 60.1 Å². The van der Waals surface area contributed by atoms with Crippen molar-refractivity contribution in [3.8, 4) is 0 Å². The summed E-state index contributed by atoms with van der Waals surface area (Å²) in [4.78, 5) is 41.3. The maximum atomic E-state index is 13.5. The van der Waals surface area contributed by atoms with E-state index >= 15 is 0 Å². The number of likely N-dealkylation sites (N-methyl/N-ethyl adjacent to an activating group) is 1. The van der Waals surface area contributed by atoms with Crippen LogP contribution in [0.2, 0.25) is 0 Å². The molecule has 0 saturated heterocycles. The Bertz CT molecular complexity index is 1530. The van der Waals surface area contributed by atoms with Crippen molar-refractivity contribution in [2.75, 3.05) is 23.7 Å². The van der Waals surface area contributed by atoms with Gasteiger partial charge in [-0.05, 0) is 87.6 Å². The maximum absolute atomic E-state index is 13.5. The number of benzene rings is 1. The van der Waals surface area contributed by atoms with E-state index in [-0.39, 0.29) is 71.5 Å². The Kier molecular flexibility index (Phi) is 13.9.